The maximum absolute atomic E-state index is 10.7. The van der Waals surface area contributed by atoms with Crippen molar-refractivity contribution in [2.45, 2.75) is 20.5 Å². The third-order valence-electron chi connectivity index (χ3n) is 4.22. The molecule has 0 amide bonds. The number of hydrogen-bond donors (Lipinski definition) is 1. The van der Waals surface area contributed by atoms with Gasteiger partial charge < -0.3 is 9.47 Å². The van der Waals surface area contributed by atoms with Gasteiger partial charge in [0, 0.05) is 16.1 Å². The van der Waals surface area contributed by atoms with Crippen LogP contribution >= 0.6 is 15.9 Å². The van der Waals surface area contributed by atoms with E-state index in [-0.39, 0.29) is 5.69 Å². The second-order valence-electron chi connectivity index (χ2n) is 6.56. The second kappa shape index (κ2) is 10.5. The molecule has 0 unspecified atom stereocenters. The number of aromatic nitrogens is 1. The number of nitrogens with zero attached hydrogens (tertiary/aromatic N) is 3. The number of halogens is 1. The Bertz CT molecular complexity index is 1070. The number of hydrazone groups is 1. The van der Waals surface area contributed by atoms with E-state index in [0.717, 1.165) is 15.6 Å². The smallest absolute Gasteiger partial charge is 0.287 e. The molecule has 31 heavy (non-hydrogen) atoms. The van der Waals surface area contributed by atoms with Gasteiger partial charge in [0.2, 0.25) is 0 Å². The van der Waals surface area contributed by atoms with Crippen LogP contribution in [0.15, 0.2) is 64.3 Å². The summed E-state index contributed by atoms with van der Waals surface area (Å²) in [6.07, 6.45) is 2.76. The molecule has 3 rings (SSSR count). The van der Waals surface area contributed by atoms with E-state index in [0.29, 0.717) is 30.5 Å². The molecular weight excluding hydrogens is 464 g/mol. The van der Waals surface area contributed by atoms with Gasteiger partial charge in [-0.25, -0.2) is 4.98 Å². The predicted molar refractivity (Wildman–Crippen MR) is 123 cm³/mol. The minimum absolute atomic E-state index is 0.0835. The molecule has 0 spiro atoms. The van der Waals surface area contributed by atoms with Crippen LogP contribution in [0.4, 0.5) is 11.5 Å². The first-order chi connectivity index (χ1) is 15.0. The number of pyridine rings is 1. The quantitative estimate of drug-likeness (QED) is 0.245. The molecule has 8 nitrogen and oxygen atoms in total. The number of benzene rings is 2. The Balaban J connectivity index is 1.71. The average molecular weight is 485 g/mol. The summed E-state index contributed by atoms with van der Waals surface area (Å²) in [5.41, 5.74) is 5.69. The lowest BCUT2D eigenvalue weighted by Crippen LogP contribution is -2.01. The molecule has 0 radical (unpaired) electrons. The van der Waals surface area contributed by atoms with Crippen molar-refractivity contribution >= 4 is 33.6 Å². The Morgan fingerprint density at radius 2 is 1.90 bits per heavy atom. The van der Waals surface area contributed by atoms with Gasteiger partial charge in [-0.2, -0.15) is 5.10 Å². The fourth-order valence-electron chi connectivity index (χ4n) is 2.60. The number of aryl methyl sites for hydroxylation is 1. The van der Waals surface area contributed by atoms with Gasteiger partial charge in [-0.1, -0.05) is 29.8 Å². The van der Waals surface area contributed by atoms with Crippen LogP contribution in [-0.4, -0.2) is 22.7 Å². The predicted octanol–water partition coefficient (Wildman–Crippen LogP) is 5.48. The highest BCUT2D eigenvalue weighted by atomic mass is 79.9. The summed E-state index contributed by atoms with van der Waals surface area (Å²) in [5.74, 6) is 1.62. The third-order valence-corrected chi connectivity index (χ3v) is 4.91. The summed E-state index contributed by atoms with van der Waals surface area (Å²) in [6, 6.07) is 14.7. The molecule has 0 aliphatic heterocycles. The van der Waals surface area contributed by atoms with E-state index in [2.05, 4.69) is 31.4 Å². The van der Waals surface area contributed by atoms with E-state index < -0.39 is 4.92 Å². The average Bonchev–Trinajstić information content (AvgIpc) is 2.76. The number of ether oxygens (including phenoxy) is 2. The van der Waals surface area contributed by atoms with E-state index in [1.165, 1.54) is 23.9 Å². The van der Waals surface area contributed by atoms with E-state index in [4.69, 9.17) is 9.47 Å². The Morgan fingerprint density at radius 3 is 2.55 bits per heavy atom. The lowest BCUT2D eigenvalue weighted by Gasteiger charge is -2.14. The highest BCUT2D eigenvalue weighted by molar-refractivity contribution is 9.10. The molecule has 2 aromatic carbocycles. The SMILES string of the molecule is CCOc1cc(/C=N/Nc2ccc([N+](=O)[O-])cn2)c(Br)cc1OCc1ccc(C)cc1. The molecule has 0 aliphatic carbocycles. The van der Waals surface area contributed by atoms with E-state index >= 15 is 0 Å². The maximum Gasteiger partial charge on any atom is 0.287 e. The topological polar surface area (TPSA) is 98.9 Å². The maximum atomic E-state index is 10.7. The van der Waals surface area contributed by atoms with Gasteiger partial charge in [-0.05, 0) is 53.5 Å². The van der Waals surface area contributed by atoms with Crippen LogP contribution in [0.5, 0.6) is 11.5 Å². The number of hydrogen-bond acceptors (Lipinski definition) is 7. The van der Waals surface area contributed by atoms with Crippen LogP contribution in [0.3, 0.4) is 0 Å². The van der Waals surface area contributed by atoms with Gasteiger partial charge in [-0.15, -0.1) is 0 Å². The fourth-order valence-corrected chi connectivity index (χ4v) is 3.03. The van der Waals surface area contributed by atoms with Crippen LogP contribution in [-0.2, 0) is 6.61 Å². The summed E-state index contributed by atoms with van der Waals surface area (Å²) < 4.78 is 12.5. The first-order valence-electron chi connectivity index (χ1n) is 9.50. The molecule has 3 aromatic rings. The lowest BCUT2D eigenvalue weighted by molar-refractivity contribution is -0.385. The van der Waals surface area contributed by atoms with Crippen LogP contribution in [0.25, 0.3) is 0 Å². The van der Waals surface area contributed by atoms with Gasteiger partial charge in [0.15, 0.2) is 11.5 Å². The van der Waals surface area contributed by atoms with Crippen molar-refractivity contribution in [2.75, 3.05) is 12.0 Å². The fraction of sp³-hybridized carbons (Fsp3) is 0.182. The minimum atomic E-state index is -0.505. The van der Waals surface area contributed by atoms with Crippen LogP contribution in [0, 0.1) is 17.0 Å². The standard InChI is InChI=1S/C22H21BrN4O4/c1-3-30-20-10-17(12-25-26-22-9-8-18(13-24-22)27(28)29)19(23)11-21(20)31-14-16-6-4-15(2)5-7-16/h4-13H,3,14H2,1-2H3,(H,24,26)/b25-12+. The van der Waals surface area contributed by atoms with E-state index in [9.17, 15) is 10.1 Å². The summed E-state index contributed by atoms with van der Waals surface area (Å²) in [7, 11) is 0. The Hall–Kier alpha value is -3.46. The van der Waals surface area contributed by atoms with E-state index in [1.54, 1.807) is 6.21 Å². The third kappa shape index (κ3) is 6.26. The van der Waals surface area contributed by atoms with Gasteiger partial charge in [0.05, 0.1) is 17.7 Å². The molecule has 1 aromatic heterocycles. The van der Waals surface area contributed by atoms with Crippen molar-refractivity contribution in [1.29, 1.82) is 0 Å². The number of anilines is 1. The number of nitro groups is 1. The molecule has 1 heterocycles. The van der Waals surface area contributed by atoms with Gasteiger partial charge >= 0.3 is 0 Å². The molecule has 160 valence electrons. The highest BCUT2D eigenvalue weighted by Gasteiger charge is 2.11. The summed E-state index contributed by atoms with van der Waals surface area (Å²) in [6.45, 7) is 4.86. The Kier molecular flexibility index (Phi) is 7.55. The molecule has 0 aliphatic rings. The zero-order chi connectivity index (χ0) is 22.2. The molecule has 9 heteroatoms. The molecule has 0 bridgehead atoms. The lowest BCUT2D eigenvalue weighted by atomic mass is 10.2. The summed E-state index contributed by atoms with van der Waals surface area (Å²) >= 11 is 3.53. The van der Waals surface area contributed by atoms with Crippen molar-refractivity contribution in [1.82, 2.24) is 4.98 Å². The number of rotatable bonds is 9. The van der Waals surface area contributed by atoms with E-state index in [1.807, 2.05) is 50.2 Å². The summed E-state index contributed by atoms with van der Waals surface area (Å²) in [4.78, 5) is 14.1. The van der Waals surface area contributed by atoms with Crippen molar-refractivity contribution in [3.8, 4) is 11.5 Å². The first-order valence-corrected chi connectivity index (χ1v) is 10.3. The largest absolute Gasteiger partial charge is 0.490 e. The van der Waals surface area contributed by atoms with Crippen molar-refractivity contribution in [3.05, 3.63) is 86.0 Å². The number of nitrogens with one attached hydrogen (secondary N) is 1. The highest BCUT2D eigenvalue weighted by Crippen LogP contribution is 2.34. The Morgan fingerprint density at radius 1 is 1.16 bits per heavy atom. The zero-order valence-corrected chi connectivity index (χ0v) is 18.6. The normalized spacial score (nSPS) is 10.8. The first kappa shape index (κ1) is 22.2. The molecule has 0 atom stereocenters. The molecule has 0 saturated heterocycles. The molecule has 0 fully saturated rings. The monoisotopic (exact) mass is 484 g/mol. The van der Waals surface area contributed by atoms with Crippen molar-refractivity contribution in [2.24, 2.45) is 5.10 Å². The Labute approximate surface area is 188 Å². The molecule has 1 N–H and O–H groups in total. The second-order valence-corrected chi connectivity index (χ2v) is 7.41. The van der Waals surface area contributed by atoms with Gasteiger partial charge in [-0.3, -0.25) is 15.5 Å². The molecule has 0 saturated carbocycles. The minimum Gasteiger partial charge on any atom is -0.490 e. The summed E-state index contributed by atoms with van der Waals surface area (Å²) in [5, 5.41) is 14.8. The van der Waals surface area contributed by atoms with Crippen molar-refractivity contribution in [3.63, 3.8) is 0 Å². The van der Waals surface area contributed by atoms with Crippen LogP contribution in [0.1, 0.15) is 23.6 Å². The van der Waals surface area contributed by atoms with Gasteiger partial charge in [0.25, 0.3) is 5.69 Å². The molecular formula is C22H21BrN4O4. The van der Waals surface area contributed by atoms with Crippen LogP contribution in [0.2, 0.25) is 0 Å². The van der Waals surface area contributed by atoms with Gasteiger partial charge in [0.1, 0.15) is 18.6 Å². The zero-order valence-electron chi connectivity index (χ0n) is 17.0. The van der Waals surface area contributed by atoms with Crippen molar-refractivity contribution < 1.29 is 14.4 Å². The van der Waals surface area contributed by atoms with Crippen LogP contribution < -0.4 is 14.9 Å².